The minimum atomic E-state index is 0.603. The van der Waals surface area contributed by atoms with E-state index in [4.69, 9.17) is 16.9 Å². The molecule has 17 heavy (non-hydrogen) atoms. The van der Waals surface area contributed by atoms with Gasteiger partial charge in [0.05, 0.1) is 11.3 Å². The lowest BCUT2D eigenvalue weighted by Gasteiger charge is -2.15. The van der Waals surface area contributed by atoms with Gasteiger partial charge in [0.15, 0.2) is 0 Å². The van der Waals surface area contributed by atoms with Crippen molar-refractivity contribution in [1.29, 1.82) is 5.26 Å². The topological polar surface area (TPSA) is 39.1 Å². The van der Waals surface area contributed by atoms with Gasteiger partial charge in [-0.05, 0) is 44.1 Å². The Labute approximate surface area is 107 Å². The maximum atomic E-state index is 8.99. The van der Waals surface area contributed by atoms with Crippen molar-refractivity contribution in [3.63, 3.8) is 0 Å². The third-order valence-electron chi connectivity index (χ3n) is 3.04. The van der Waals surface area contributed by atoms with Crippen LogP contribution in [0.15, 0.2) is 18.2 Å². The molecule has 0 bridgehead atoms. The fraction of sp³-hybridized carbons (Fsp3) is 0.462. The van der Waals surface area contributed by atoms with Gasteiger partial charge < -0.3 is 10.2 Å². The zero-order valence-electron chi connectivity index (χ0n) is 9.75. The molecular formula is C13H16ClN3. The molecule has 1 heterocycles. The summed E-state index contributed by atoms with van der Waals surface area (Å²) in [5, 5.41) is 12.9. The van der Waals surface area contributed by atoms with Crippen molar-refractivity contribution < 1.29 is 0 Å². The minimum Gasteiger partial charge on any atom is -0.383 e. The molecule has 0 spiro atoms. The molecule has 1 N–H and O–H groups in total. The Kier molecular flexibility index (Phi) is 4.24. The smallest absolute Gasteiger partial charge is 0.101 e. The Morgan fingerprint density at radius 1 is 1.35 bits per heavy atom. The summed E-state index contributed by atoms with van der Waals surface area (Å²) in [6, 6.07) is 7.52. The third kappa shape index (κ3) is 3.36. The SMILES string of the molecule is N#Cc1cc(Cl)ccc1NCCN1CCCC1. The monoisotopic (exact) mass is 249 g/mol. The molecule has 0 radical (unpaired) electrons. The van der Waals surface area contributed by atoms with Crippen LogP contribution in [0.3, 0.4) is 0 Å². The molecular weight excluding hydrogens is 234 g/mol. The highest BCUT2D eigenvalue weighted by atomic mass is 35.5. The van der Waals surface area contributed by atoms with Crippen molar-refractivity contribution in [3.05, 3.63) is 28.8 Å². The standard InChI is InChI=1S/C13H16ClN3/c14-12-3-4-13(11(9-12)10-15)16-5-8-17-6-1-2-7-17/h3-4,9,16H,1-2,5-8H2. The van der Waals surface area contributed by atoms with Gasteiger partial charge in [0.25, 0.3) is 0 Å². The van der Waals surface area contributed by atoms with Gasteiger partial charge in [0.2, 0.25) is 0 Å². The van der Waals surface area contributed by atoms with Crippen LogP contribution in [-0.4, -0.2) is 31.1 Å². The molecule has 4 heteroatoms. The van der Waals surface area contributed by atoms with Gasteiger partial charge >= 0.3 is 0 Å². The van der Waals surface area contributed by atoms with Crippen LogP contribution < -0.4 is 5.32 Å². The van der Waals surface area contributed by atoms with Crippen LogP contribution in [0.1, 0.15) is 18.4 Å². The van der Waals surface area contributed by atoms with Crippen LogP contribution in [0.2, 0.25) is 5.02 Å². The summed E-state index contributed by atoms with van der Waals surface area (Å²) in [5.41, 5.74) is 1.48. The van der Waals surface area contributed by atoms with Crippen molar-refractivity contribution in [2.24, 2.45) is 0 Å². The molecule has 0 unspecified atom stereocenters. The predicted molar refractivity (Wildman–Crippen MR) is 70.3 cm³/mol. The van der Waals surface area contributed by atoms with E-state index in [1.54, 1.807) is 12.1 Å². The van der Waals surface area contributed by atoms with Crippen molar-refractivity contribution in [2.45, 2.75) is 12.8 Å². The van der Waals surface area contributed by atoms with Gasteiger partial charge in [-0.1, -0.05) is 11.6 Å². The van der Waals surface area contributed by atoms with Crippen LogP contribution in [0, 0.1) is 11.3 Å². The van der Waals surface area contributed by atoms with E-state index in [1.807, 2.05) is 6.07 Å². The summed E-state index contributed by atoms with van der Waals surface area (Å²) in [6.07, 6.45) is 2.62. The van der Waals surface area contributed by atoms with Gasteiger partial charge in [-0.15, -0.1) is 0 Å². The Morgan fingerprint density at radius 2 is 2.12 bits per heavy atom. The number of nitrogens with one attached hydrogen (secondary N) is 1. The normalized spacial score (nSPS) is 15.8. The zero-order valence-corrected chi connectivity index (χ0v) is 10.5. The lowest BCUT2D eigenvalue weighted by atomic mass is 10.2. The molecule has 0 saturated carbocycles. The van der Waals surface area contributed by atoms with Crippen LogP contribution in [-0.2, 0) is 0 Å². The fourth-order valence-corrected chi connectivity index (χ4v) is 2.29. The maximum Gasteiger partial charge on any atom is 0.101 e. The molecule has 0 aromatic heterocycles. The van der Waals surface area contributed by atoms with E-state index in [9.17, 15) is 0 Å². The highest BCUT2D eigenvalue weighted by Gasteiger charge is 2.10. The average Bonchev–Trinajstić information content (AvgIpc) is 2.84. The molecule has 1 saturated heterocycles. The lowest BCUT2D eigenvalue weighted by molar-refractivity contribution is 0.352. The summed E-state index contributed by atoms with van der Waals surface area (Å²) >= 11 is 5.85. The van der Waals surface area contributed by atoms with E-state index >= 15 is 0 Å². The van der Waals surface area contributed by atoms with E-state index in [0.29, 0.717) is 10.6 Å². The number of halogens is 1. The van der Waals surface area contributed by atoms with Crippen molar-refractivity contribution >= 4 is 17.3 Å². The molecule has 1 fully saturated rings. The van der Waals surface area contributed by atoms with E-state index in [1.165, 1.54) is 25.9 Å². The number of likely N-dealkylation sites (tertiary alicyclic amines) is 1. The second-order valence-electron chi connectivity index (χ2n) is 4.28. The first-order valence-corrected chi connectivity index (χ1v) is 6.33. The second-order valence-corrected chi connectivity index (χ2v) is 4.71. The van der Waals surface area contributed by atoms with Gasteiger partial charge in [-0.3, -0.25) is 0 Å². The number of benzene rings is 1. The quantitative estimate of drug-likeness (QED) is 0.892. The Bertz CT molecular complexity index is 419. The minimum absolute atomic E-state index is 0.603. The zero-order chi connectivity index (χ0) is 12.1. The average molecular weight is 250 g/mol. The largest absolute Gasteiger partial charge is 0.383 e. The van der Waals surface area contributed by atoms with Gasteiger partial charge in [-0.2, -0.15) is 5.26 Å². The molecule has 0 aliphatic carbocycles. The Balaban J connectivity index is 1.88. The van der Waals surface area contributed by atoms with Crippen LogP contribution in [0.25, 0.3) is 0 Å². The number of anilines is 1. The molecule has 1 aromatic carbocycles. The number of nitrogens with zero attached hydrogens (tertiary/aromatic N) is 2. The highest BCUT2D eigenvalue weighted by Crippen LogP contribution is 2.19. The van der Waals surface area contributed by atoms with E-state index in [2.05, 4.69) is 16.3 Å². The number of nitriles is 1. The van der Waals surface area contributed by atoms with Crippen molar-refractivity contribution in [2.75, 3.05) is 31.5 Å². The molecule has 0 atom stereocenters. The van der Waals surface area contributed by atoms with Crippen molar-refractivity contribution in [1.82, 2.24) is 4.90 Å². The number of hydrogen-bond donors (Lipinski definition) is 1. The van der Waals surface area contributed by atoms with Crippen molar-refractivity contribution in [3.8, 4) is 6.07 Å². The predicted octanol–water partition coefficient (Wildman–Crippen LogP) is 2.72. The summed E-state index contributed by atoms with van der Waals surface area (Å²) in [7, 11) is 0. The molecule has 2 rings (SSSR count). The Morgan fingerprint density at radius 3 is 2.82 bits per heavy atom. The number of hydrogen-bond acceptors (Lipinski definition) is 3. The van der Waals surface area contributed by atoms with Crippen LogP contribution >= 0.6 is 11.6 Å². The first-order chi connectivity index (χ1) is 8.29. The summed E-state index contributed by atoms with van der Waals surface area (Å²) < 4.78 is 0. The highest BCUT2D eigenvalue weighted by molar-refractivity contribution is 6.30. The molecule has 3 nitrogen and oxygen atoms in total. The second kappa shape index (κ2) is 5.90. The molecule has 1 aliphatic heterocycles. The molecule has 1 aliphatic rings. The van der Waals surface area contributed by atoms with Gasteiger partial charge in [-0.25, -0.2) is 0 Å². The Hall–Kier alpha value is -1.24. The third-order valence-corrected chi connectivity index (χ3v) is 3.28. The van der Waals surface area contributed by atoms with Gasteiger partial charge in [0.1, 0.15) is 6.07 Å². The first-order valence-electron chi connectivity index (χ1n) is 5.95. The van der Waals surface area contributed by atoms with Gasteiger partial charge in [0, 0.05) is 18.1 Å². The summed E-state index contributed by atoms with van der Waals surface area (Å²) in [6.45, 7) is 4.31. The molecule has 1 aromatic rings. The molecule has 90 valence electrons. The summed E-state index contributed by atoms with van der Waals surface area (Å²) in [4.78, 5) is 2.44. The summed E-state index contributed by atoms with van der Waals surface area (Å²) in [5.74, 6) is 0. The van der Waals surface area contributed by atoms with Crippen LogP contribution in [0.5, 0.6) is 0 Å². The molecule has 0 amide bonds. The van der Waals surface area contributed by atoms with E-state index in [-0.39, 0.29) is 0 Å². The number of rotatable bonds is 4. The van der Waals surface area contributed by atoms with Crippen LogP contribution in [0.4, 0.5) is 5.69 Å². The lowest BCUT2D eigenvalue weighted by Crippen LogP contribution is -2.26. The van der Waals surface area contributed by atoms with E-state index < -0.39 is 0 Å². The maximum absolute atomic E-state index is 8.99. The first kappa shape index (κ1) is 12.2. The fourth-order valence-electron chi connectivity index (χ4n) is 2.12. The van der Waals surface area contributed by atoms with E-state index in [0.717, 1.165) is 18.8 Å².